The number of fused-ring (bicyclic) bond motifs is 1. The first kappa shape index (κ1) is 12.8. The average Bonchev–Trinajstić information content (AvgIpc) is 2.95. The minimum absolute atomic E-state index is 0.125. The fraction of sp³-hybridized carbons (Fsp3) is 0.214. The quantitative estimate of drug-likeness (QED) is 0.848. The van der Waals surface area contributed by atoms with Gasteiger partial charge < -0.3 is 9.73 Å². The van der Waals surface area contributed by atoms with Gasteiger partial charge in [0.1, 0.15) is 0 Å². The molecule has 0 fully saturated rings. The number of nitrogens with one attached hydrogen (secondary N) is 1. The van der Waals surface area contributed by atoms with Crippen LogP contribution in [0.1, 0.15) is 27.7 Å². The van der Waals surface area contributed by atoms with Gasteiger partial charge in [0.15, 0.2) is 10.4 Å². The molecular weight excluding hydrogens is 330 g/mol. The summed E-state index contributed by atoms with van der Waals surface area (Å²) in [6.07, 6.45) is 0.768. The number of hydrogen-bond donors (Lipinski definition) is 1. The predicted molar refractivity (Wildman–Crippen MR) is 76.4 cm³/mol. The molecule has 1 aromatic heterocycles. The van der Waals surface area contributed by atoms with Crippen LogP contribution in [-0.2, 0) is 6.42 Å². The fourth-order valence-corrected chi connectivity index (χ4v) is 3.03. The average molecular weight is 341 g/mol. The molecule has 0 saturated heterocycles. The van der Waals surface area contributed by atoms with E-state index in [-0.39, 0.29) is 23.1 Å². The summed E-state index contributed by atoms with van der Waals surface area (Å²) >= 11 is 9.50. The molecule has 3 rings (SSSR count). The van der Waals surface area contributed by atoms with Crippen molar-refractivity contribution in [1.82, 2.24) is 5.32 Å². The second-order valence-electron chi connectivity index (χ2n) is 4.47. The Morgan fingerprint density at radius 3 is 2.84 bits per heavy atom. The van der Waals surface area contributed by atoms with Gasteiger partial charge in [-0.15, -0.1) is 11.6 Å². The van der Waals surface area contributed by atoms with E-state index in [1.807, 2.05) is 24.3 Å². The Morgan fingerprint density at radius 1 is 1.32 bits per heavy atom. The normalized spacial score (nSPS) is 21.2. The van der Waals surface area contributed by atoms with Crippen molar-refractivity contribution in [3.05, 3.63) is 58.0 Å². The van der Waals surface area contributed by atoms with E-state index >= 15 is 0 Å². The van der Waals surface area contributed by atoms with Gasteiger partial charge in [-0.1, -0.05) is 24.3 Å². The number of amides is 1. The van der Waals surface area contributed by atoms with E-state index in [0.29, 0.717) is 4.67 Å². The van der Waals surface area contributed by atoms with Crippen LogP contribution in [0.5, 0.6) is 0 Å². The third-order valence-electron chi connectivity index (χ3n) is 3.25. The van der Waals surface area contributed by atoms with Crippen molar-refractivity contribution in [2.24, 2.45) is 0 Å². The lowest BCUT2D eigenvalue weighted by Gasteiger charge is -2.16. The molecule has 98 valence electrons. The molecule has 3 nitrogen and oxygen atoms in total. The highest BCUT2D eigenvalue weighted by molar-refractivity contribution is 9.10. The molecule has 1 aromatic carbocycles. The summed E-state index contributed by atoms with van der Waals surface area (Å²) in [6.45, 7) is 0. The van der Waals surface area contributed by atoms with Gasteiger partial charge in [-0.3, -0.25) is 4.79 Å². The Morgan fingerprint density at radius 2 is 2.11 bits per heavy atom. The Labute approximate surface area is 124 Å². The molecule has 1 aliphatic rings. The first-order chi connectivity index (χ1) is 9.15. The Hall–Kier alpha value is -1.26. The summed E-state index contributed by atoms with van der Waals surface area (Å²) in [5.41, 5.74) is 2.27. The van der Waals surface area contributed by atoms with E-state index in [9.17, 15) is 4.79 Å². The third kappa shape index (κ3) is 2.42. The summed E-state index contributed by atoms with van der Waals surface area (Å²) in [4.78, 5) is 12.1. The molecule has 2 unspecified atom stereocenters. The molecule has 1 heterocycles. The molecule has 0 saturated carbocycles. The standard InChI is InChI=1S/C14H11BrClNO2/c15-12-6-5-11(19-12)14(18)17-13-9-4-2-1-3-8(9)7-10(13)16/h1-6,10,13H,7H2,(H,17,18). The van der Waals surface area contributed by atoms with Crippen LogP contribution in [0.4, 0.5) is 0 Å². The molecule has 0 aliphatic heterocycles. The number of hydrogen-bond acceptors (Lipinski definition) is 2. The highest BCUT2D eigenvalue weighted by atomic mass is 79.9. The molecular formula is C14H11BrClNO2. The van der Waals surface area contributed by atoms with Crippen LogP contribution in [0.2, 0.25) is 0 Å². The van der Waals surface area contributed by atoms with E-state index in [4.69, 9.17) is 16.0 Å². The highest BCUT2D eigenvalue weighted by Crippen LogP contribution is 2.34. The van der Waals surface area contributed by atoms with Crippen LogP contribution in [0.3, 0.4) is 0 Å². The van der Waals surface area contributed by atoms with E-state index < -0.39 is 0 Å². The van der Waals surface area contributed by atoms with Crippen molar-refractivity contribution >= 4 is 33.4 Å². The zero-order chi connectivity index (χ0) is 13.4. The third-order valence-corrected chi connectivity index (χ3v) is 4.08. The van der Waals surface area contributed by atoms with Gasteiger partial charge in [0.25, 0.3) is 5.91 Å². The van der Waals surface area contributed by atoms with Gasteiger partial charge in [0.2, 0.25) is 0 Å². The van der Waals surface area contributed by atoms with E-state index in [1.165, 1.54) is 5.56 Å². The molecule has 0 radical (unpaired) electrons. The van der Waals surface area contributed by atoms with Gasteiger partial charge in [-0.2, -0.15) is 0 Å². The Balaban J connectivity index is 1.82. The zero-order valence-electron chi connectivity index (χ0n) is 9.90. The fourth-order valence-electron chi connectivity index (χ4n) is 2.36. The molecule has 19 heavy (non-hydrogen) atoms. The minimum Gasteiger partial charge on any atom is -0.444 e. The smallest absolute Gasteiger partial charge is 0.287 e. The number of alkyl halides is 1. The molecule has 1 amide bonds. The summed E-state index contributed by atoms with van der Waals surface area (Å²) in [5.74, 6) is 0.0261. The monoisotopic (exact) mass is 339 g/mol. The largest absolute Gasteiger partial charge is 0.444 e. The number of rotatable bonds is 2. The first-order valence-electron chi connectivity index (χ1n) is 5.93. The number of benzene rings is 1. The second-order valence-corrected chi connectivity index (χ2v) is 5.82. The molecule has 5 heteroatoms. The maximum absolute atomic E-state index is 12.1. The van der Waals surface area contributed by atoms with Gasteiger partial charge >= 0.3 is 0 Å². The summed E-state index contributed by atoms with van der Waals surface area (Å²) in [6, 6.07) is 11.1. The number of carbonyl (C=O) groups is 1. The second kappa shape index (κ2) is 5.02. The molecule has 1 aliphatic carbocycles. The van der Waals surface area contributed by atoms with Gasteiger partial charge in [0, 0.05) is 0 Å². The number of carbonyl (C=O) groups excluding carboxylic acids is 1. The minimum atomic E-state index is -0.252. The van der Waals surface area contributed by atoms with Crippen LogP contribution < -0.4 is 5.32 Å². The SMILES string of the molecule is O=C(NC1c2ccccc2CC1Cl)c1ccc(Br)o1. The summed E-state index contributed by atoms with van der Waals surface area (Å²) in [7, 11) is 0. The van der Waals surface area contributed by atoms with Crippen molar-refractivity contribution in [2.75, 3.05) is 0 Å². The lowest BCUT2D eigenvalue weighted by atomic mass is 10.1. The van der Waals surface area contributed by atoms with Crippen LogP contribution in [-0.4, -0.2) is 11.3 Å². The van der Waals surface area contributed by atoms with Crippen molar-refractivity contribution < 1.29 is 9.21 Å². The molecule has 2 aromatic rings. The van der Waals surface area contributed by atoms with Crippen LogP contribution in [0.25, 0.3) is 0 Å². The Kier molecular flexibility index (Phi) is 3.37. The first-order valence-corrected chi connectivity index (χ1v) is 7.16. The lowest BCUT2D eigenvalue weighted by molar-refractivity contribution is 0.0908. The summed E-state index contributed by atoms with van der Waals surface area (Å²) in [5, 5.41) is 2.80. The maximum atomic E-state index is 12.1. The Bertz CT molecular complexity index is 625. The molecule has 2 atom stereocenters. The van der Waals surface area contributed by atoms with Crippen molar-refractivity contribution in [2.45, 2.75) is 17.8 Å². The molecule has 0 bridgehead atoms. The van der Waals surface area contributed by atoms with Crippen LogP contribution in [0, 0.1) is 0 Å². The molecule has 1 N–H and O–H groups in total. The van der Waals surface area contributed by atoms with Gasteiger partial charge in [-0.25, -0.2) is 0 Å². The van der Waals surface area contributed by atoms with Gasteiger partial charge in [-0.05, 0) is 45.6 Å². The topological polar surface area (TPSA) is 42.2 Å². The maximum Gasteiger partial charge on any atom is 0.287 e. The number of halogens is 2. The van der Waals surface area contributed by atoms with Gasteiger partial charge in [0.05, 0.1) is 11.4 Å². The van der Waals surface area contributed by atoms with E-state index in [1.54, 1.807) is 12.1 Å². The van der Waals surface area contributed by atoms with Crippen molar-refractivity contribution in [3.63, 3.8) is 0 Å². The van der Waals surface area contributed by atoms with Crippen LogP contribution >= 0.6 is 27.5 Å². The zero-order valence-corrected chi connectivity index (χ0v) is 12.2. The molecule has 0 spiro atoms. The van der Waals surface area contributed by atoms with E-state index in [2.05, 4.69) is 21.2 Å². The van der Waals surface area contributed by atoms with E-state index in [0.717, 1.165) is 12.0 Å². The highest BCUT2D eigenvalue weighted by Gasteiger charge is 2.32. The van der Waals surface area contributed by atoms with Crippen molar-refractivity contribution in [3.8, 4) is 0 Å². The lowest BCUT2D eigenvalue weighted by Crippen LogP contribution is -2.31. The van der Waals surface area contributed by atoms with Crippen molar-refractivity contribution in [1.29, 1.82) is 0 Å². The summed E-state index contributed by atoms with van der Waals surface area (Å²) < 4.78 is 5.77. The predicted octanol–water partition coefficient (Wildman–Crippen LogP) is 3.68. The van der Waals surface area contributed by atoms with Crippen LogP contribution in [0.15, 0.2) is 45.5 Å². The number of furan rings is 1.